The number of hydrogen-bond acceptors (Lipinski definition) is 4. The van der Waals surface area contributed by atoms with E-state index in [1.165, 1.54) is 12.1 Å². The first-order valence-corrected chi connectivity index (χ1v) is 10.8. The Bertz CT molecular complexity index is 1260. The van der Waals surface area contributed by atoms with Crippen LogP contribution in [0.15, 0.2) is 72.3 Å². The average Bonchev–Trinajstić information content (AvgIpc) is 3.27. The van der Waals surface area contributed by atoms with Gasteiger partial charge in [-0.2, -0.15) is 0 Å². The number of amides is 1. The Hall–Kier alpha value is -3.71. The molecule has 1 fully saturated rings. The van der Waals surface area contributed by atoms with Crippen molar-refractivity contribution in [3.8, 4) is 11.4 Å². The van der Waals surface area contributed by atoms with Crippen molar-refractivity contribution in [1.29, 1.82) is 0 Å². The Balaban J connectivity index is 1.46. The molecule has 1 aromatic heterocycles. The van der Waals surface area contributed by atoms with Crippen LogP contribution in [0.3, 0.4) is 0 Å². The van der Waals surface area contributed by atoms with Crippen LogP contribution in [0.5, 0.6) is 5.75 Å². The van der Waals surface area contributed by atoms with Gasteiger partial charge in [0.15, 0.2) is 0 Å². The van der Waals surface area contributed by atoms with E-state index >= 15 is 0 Å². The van der Waals surface area contributed by atoms with Gasteiger partial charge in [0.25, 0.3) is 5.91 Å². The Kier molecular flexibility index (Phi) is 5.56. The summed E-state index contributed by atoms with van der Waals surface area (Å²) < 4.78 is 26.7. The highest BCUT2D eigenvalue weighted by atomic mass is 19.1. The number of imidazole rings is 1. The standard InChI is InChI=1S/C26H24FN3O3/c1-17-13-29(16-28-17)23-10-3-18(12-25(23)32-2)11-20-6-9-22-14-33-15-24(30(22)26(20)31)19-4-7-21(27)8-5-19/h3-5,7-13,16,24H,6,14-15H2,1-2H3/t24-/m0/s1. The van der Waals surface area contributed by atoms with E-state index in [4.69, 9.17) is 9.47 Å². The molecule has 0 aliphatic carbocycles. The van der Waals surface area contributed by atoms with Crippen molar-refractivity contribution in [2.24, 2.45) is 0 Å². The smallest absolute Gasteiger partial charge is 0.255 e. The number of nitrogens with zero attached hydrogens (tertiary/aromatic N) is 3. The summed E-state index contributed by atoms with van der Waals surface area (Å²) >= 11 is 0. The van der Waals surface area contributed by atoms with Crippen molar-refractivity contribution >= 4 is 12.0 Å². The fraction of sp³-hybridized carbons (Fsp3) is 0.231. The molecule has 7 heteroatoms. The van der Waals surface area contributed by atoms with Gasteiger partial charge in [-0.15, -0.1) is 0 Å². The Labute approximate surface area is 191 Å². The maximum atomic E-state index is 13.5. The number of aromatic nitrogens is 2. The second-order valence-electron chi connectivity index (χ2n) is 8.18. The van der Waals surface area contributed by atoms with Crippen molar-refractivity contribution < 1.29 is 18.7 Å². The summed E-state index contributed by atoms with van der Waals surface area (Å²) in [4.78, 5) is 19.6. The number of aryl methyl sites for hydroxylation is 1. The number of carbonyl (C=O) groups excluding carboxylic acids is 1. The Morgan fingerprint density at radius 3 is 2.76 bits per heavy atom. The molecule has 1 amide bonds. The summed E-state index contributed by atoms with van der Waals surface area (Å²) in [5.41, 5.74) is 5.04. The first kappa shape index (κ1) is 21.2. The van der Waals surface area contributed by atoms with Crippen molar-refractivity contribution in [2.45, 2.75) is 19.4 Å². The lowest BCUT2D eigenvalue weighted by Crippen LogP contribution is -2.44. The van der Waals surface area contributed by atoms with Crippen molar-refractivity contribution in [1.82, 2.24) is 14.5 Å². The predicted octanol–water partition coefficient (Wildman–Crippen LogP) is 4.60. The van der Waals surface area contributed by atoms with Crippen LogP contribution in [-0.4, -0.2) is 40.7 Å². The van der Waals surface area contributed by atoms with Crippen LogP contribution >= 0.6 is 0 Å². The molecule has 168 valence electrons. The van der Waals surface area contributed by atoms with Gasteiger partial charge in [0.1, 0.15) is 11.6 Å². The first-order valence-electron chi connectivity index (χ1n) is 10.8. The average molecular weight is 445 g/mol. The largest absolute Gasteiger partial charge is 0.495 e. The molecule has 0 N–H and O–H groups in total. The van der Waals surface area contributed by atoms with E-state index in [1.807, 2.05) is 48.0 Å². The van der Waals surface area contributed by atoms with Gasteiger partial charge in [-0.1, -0.05) is 24.3 Å². The molecule has 1 atom stereocenters. The Morgan fingerprint density at radius 2 is 2.03 bits per heavy atom. The van der Waals surface area contributed by atoms with Gasteiger partial charge in [0.05, 0.1) is 44.1 Å². The zero-order valence-electron chi connectivity index (χ0n) is 18.5. The zero-order chi connectivity index (χ0) is 22.9. The fourth-order valence-electron chi connectivity index (χ4n) is 4.32. The minimum Gasteiger partial charge on any atom is -0.495 e. The van der Waals surface area contributed by atoms with Gasteiger partial charge < -0.3 is 18.9 Å². The van der Waals surface area contributed by atoms with Gasteiger partial charge in [-0.3, -0.25) is 4.79 Å². The van der Waals surface area contributed by atoms with Gasteiger partial charge in [-0.25, -0.2) is 9.37 Å². The van der Waals surface area contributed by atoms with E-state index in [9.17, 15) is 9.18 Å². The first-order chi connectivity index (χ1) is 16.0. The normalized spacial score (nSPS) is 19.4. The number of methoxy groups -OCH3 is 1. The predicted molar refractivity (Wildman–Crippen MR) is 122 cm³/mol. The molecule has 0 radical (unpaired) electrons. The number of morpholine rings is 1. The van der Waals surface area contributed by atoms with E-state index in [0.29, 0.717) is 31.0 Å². The van der Waals surface area contributed by atoms with E-state index in [2.05, 4.69) is 4.98 Å². The fourth-order valence-corrected chi connectivity index (χ4v) is 4.32. The summed E-state index contributed by atoms with van der Waals surface area (Å²) in [6.45, 7) is 2.70. The van der Waals surface area contributed by atoms with Crippen molar-refractivity contribution in [2.75, 3.05) is 20.3 Å². The molecule has 2 aliphatic heterocycles. The quantitative estimate of drug-likeness (QED) is 0.551. The van der Waals surface area contributed by atoms with Crippen LogP contribution in [0.4, 0.5) is 4.39 Å². The summed E-state index contributed by atoms with van der Waals surface area (Å²) in [6.07, 6.45) is 8.13. The molecule has 3 aromatic rings. The number of carbonyl (C=O) groups is 1. The Morgan fingerprint density at radius 1 is 1.21 bits per heavy atom. The van der Waals surface area contributed by atoms with E-state index in [0.717, 1.165) is 28.2 Å². The number of ether oxygens (including phenoxy) is 2. The molecule has 5 rings (SSSR count). The molecule has 1 saturated heterocycles. The third-order valence-electron chi connectivity index (χ3n) is 5.99. The van der Waals surface area contributed by atoms with Gasteiger partial charge >= 0.3 is 0 Å². The minimum absolute atomic E-state index is 0.0570. The van der Waals surface area contributed by atoms with Gasteiger partial charge in [-0.05, 0) is 54.8 Å². The lowest BCUT2D eigenvalue weighted by molar-refractivity contribution is -0.132. The third kappa shape index (κ3) is 4.07. The molecule has 0 saturated carbocycles. The highest BCUT2D eigenvalue weighted by Crippen LogP contribution is 2.35. The maximum Gasteiger partial charge on any atom is 0.255 e. The number of benzene rings is 2. The molecule has 33 heavy (non-hydrogen) atoms. The van der Waals surface area contributed by atoms with Crippen LogP contribution in [0.1, 0.15) is 29.3 Å². The van der Waals surface area contributed by atoms with E-state index in [-0.39, 0.29) is 17.8 Å². The molecule has 0 bridgehead atoms. The molecule has 6 nitrogen and oxygen atoms in total. The number of halogens is 1. The second kappa shape index (κ2) is 8.67. The highest BCUT2D eigenvalue weighted by Gasteiger charge is 2.36. The van der Waals surface area contributed by atoms with Crippen LogP contribution in [0, 0.1) is 12.7 Å². The summed E-state index contributed by atoms with van der Waals surface area (Å²) in [5.74, 6) is 0.329. The van der Waals surface area contributed by atoms with Crippen molar-refractivity contribution in [3.05, 3.63) is 95.0 Å². The minimum atomic E-state index is -0.306. The summed E-state index contributed by atoms with van der Waals surface area (Å²) in [6, 6.07) is 11.8. The topological polar surface area (TPSA) is 56.6 Å². The monoisotopic (exact) mass is 445 g/mol. The van der Waals surface area contributed by atoms with Gasteiger partial charge in [0.2, 0.25) is 0 Å². The highest BCUT2D eigenvalue weighted by molar-refractivity contribution is 6.00. The molecular formula is C26H24FN3O3. The van der Waals surface area contributed by atoms with Crippen LogP contribution in [0.25, 0.3) is 11.8 Å². The molecule has 2 aliphatic rings. The van der Waals surface area contributed by atoms with Crippen molar-refractivity contribution in [3.63, 3.8) is 0 Å². The van der Waals surface area contributed by atoms with Crippen LogP contribution in [0.2, 0.25) is 0 Å². The lowest BCUT2D eigenvalue weighted by atomic mass is 9.96. The number of rotatable bonds is 4. The second-order valence-corrected chi connectivity index (χ2v) is 8.18. The number of hydrogen-bond donors (Lipinski definition) is 0. The molecule has 2 aromatic carbocycles. The zero-order valence-corrected chi connectivity index (χ0v) is 18.5. The molecule has 0 unspecified atom stereocenters. The third-order valence-corrected chi connectivity index (χ3v) is 5.99. The van der Waals surface area contributed by atoms with Crippen LogP contribution < -0.4 is 4.74 Å². The number of allylic oxidation sites excluding steroid dienone is 1. The van der Waals surface area contributed by atoms with Gasteiger partial charge in [0, 0.05) is 17.5 Å². The van der Waals surface area contributed by atoms with E-state index < -0.39 is 0 Å². The van der Waals surface area contributed by atoms with Crippen LogP contribution in [-0.2, 0) is 9.53 Å². The molecular weight excluding hydrogens is 421 g/mol. The SMILES string of the molecule is COc1cc(C=C2CC=C3COC[C@@H](c4ccc(F)cc4)N3C2=O)ccc1-n1cnc(C)c1. The van der Waals surface area contributed by atoms with E-state index in [1.54, 1.807) is 30.5 Å². The molecule has 3 heterocycles. The lowest BCUT2D eigenvalue weighted by Gasteiger charge is -2.40. The summed E-state index contributed by atoms with van der Waals surface area (Å²) in [5, 5.41) is 0. The maximum absolute atomic E-state index is 13.5. The molecule has 0 spiro atoms. The summed E-state index contributed by atoms with van der Waals surface area (Å²) in [7, 11) is 1.63. The number of fused-ring (bicyclic) bond motifs is 1.